The predicted molar refractivity (Wildman–Crippen MR) is 197 cm³/mol. The van der Waals surface area contributed by atoms with Crippen LogP contribution >= 0.6 is 0 Å². The molecule has 0 radical (unpaired) electrons. The highest BCUT2D eigenvalue weighted by Gasteiger charge is 2.36. The van der Waals surface area contributed by atoms with E-state index in [4.69, 9.17) is 14.2 Å². The third kappa shape index (κ3) is 18.1. The van der Waals surface area contributed by atoms with Crippen molar-refractivity contribution in [3.05, 3.63) is 48.6 Å². The molecule has 1 saturated carbocycles. The molecular weight excluding hydrogens is 686 g/mol. The first-order valence-corrected chi connectivity index (χ1v) is 18.5. The van der Waals surface area contributed by atoms with Gasteiger partial charge in [0.25, 0.3) is 5.91 Å². The van der Waals surface area contributed by atoms with Crippen LogP contribution in [0.15, 0.2) is 43.0 Å². The van der Waals surface area contributed by atoms with Crippen molar-refractivity contribution < 1.29 is 48.1 Å². The molecule has 6 N–H and O–H groups in total. The van der Waals surface area contributed by atoms with Gasteiger partial charge in [-0.05, 0) is 70.8 Å². The van der Waals surface area contributed by atoms with Crippen LogP contribution in [-0.4, -0.2) is 90.5 Å². The van der Waals surface area contributed by atoms with E-state index >= 15 is 0 Å². The van der Waals surface area contributed by atoms with Crippen molar-refractivity contribution in [1.29, 1.82) is 0 Å². The van der Waals surface area contributed by atoms with Gasteiger partial charge in [0, 0.05) is 6.54 Å². The van der Waals surface area contributed by atoms with Crippen molar-refractivity contribution in [1.82, 2.24) is 26.6 Å². The van der Waals surface area contributed by atoms with Crippen molar-refractivity contribution in [2.45, 2.75) is 128 Å². The minimum atomic E-state index is -1.71. The Hall–Kier alpha value is -4.66. The second-order valence-electron chi connectivity index (χ2n) is 14.1. The quantitative estimate of drug-likeness (QED) is 0.0467. The number of nitrogens with one attached hydrogen (secondary N) is 5. The molecule has 0 bridgehead atoms. The smallest absolute Gasteiger partial charge is 0.408 e. The van der Waals surface area contributed by atoms with Crippen molar-refractivity contribution in [3.63, 3.8) is 0 Å². The third-order valence-electron chi connectivity index (χ3n) is 8.46. The Morgan fingerprint density at radius 3 is 2.21 bits per heavy atom. The topological polar surface area (TPSA) is 210 Å². The number of aliphatic hydroxyl groups excluding tert-OH is 1. The van der Waals surface area contributed by atoms with Gasteiger partial charge >= 0.3 is 18.2 Å². The number of aliphatic hydroxyl groups is 1. The van der Waals surface area contributed by atoms with Crippen LogP contribution < -0.4 is 26.6 Å². The van der Waals surface area contributed by atoms with E-state index in [9.17, 15) is 33.9 Å². The van der Waals surface area contributed by atoms with E-state index in [1.54, 1.807) is 20.8 Å². The number of benzene rings is 1. The van der Waals surface area contributed by atoms with Gasteiger partial charge in [-0.3, -0.25) is 19.2 Å². The van der Waals surface area contributed by atoms with E-state index in [0.29, 0.717) is 32.1 Å². The van der Waals surface area contributed by atoms with Gasteiger partial charge in [-0.2, -0.15) is 0 Å². The molecule has 5 amide bonds. The van der Waals surface area contributed by atoms with Crippen LogP contribution in [0.1, 0.15) is 97.5 Å². The molecule has 4 atom stereocenters. The molecule has 0 aliphatic heterocycles. The average molecular weight is 746 g/mol. The summed E-state index contributed by atoms with van der Waals surface area (Å²) in [5, 5.41) is 24.1. The molecule has 15 heteroatoms. The summed E-state index contributed by atoms with van der Waals surface area (Å²) >= 11 is 0. The lowest BCUT2D eigenvalue weighted by Gasteiger charge is -2.32. The van der Waals surface area contributed by atoms with Crippen LogP contribution in [-0.2, 0) is 40.0 Å². The van der Waals surface area contributed by atoms with Crippen LogP contribution in [0.25, 0.3) is 0 Å². The van der Waals surface area contributed by atoms with Crippen LogP contribution in [0, 0.1) is 5.92 Å². The van der Waals surface area contributed by atoms with Gasteiger partial charge < -0.3 is 45.9 Å². The van der Waals surface area contributed by atoms with Gasteiger partial charge in [0.05, 0.1) is 6.04 Å². The van der Waals surface area contributed by atoms with Gasteiger partial charge in [0.15, 0.2) is 6.10 Å². The summed E-state index contributed by atoms with van der Waals surface area (Å²) in [5.74, 6) is -3.00. The second-order valence-corrected chi connectivity index (χ2v) is 14.1. The molecule has 53 heavy (non-hydrogen) atoms. The molecule has 1 aromatic rings. The number of hydrogen-bond donors (Lipinski definition) is 6. The first-order valence-electron chi connectivity index (χ1n) is 18.5. The van der Waals surface area contributed by atoms with E-state index in [1.165, 1.54) is 6.08 Å². The van der Waals surface area contributed by atoms with E-state index in [0.717, 1.165) is 24.8 Å². The van der Waals surface area contributed by atoms with E-state index in [1.807, 2.05) is 37.3 Å². The fourth-order valence-corrected chi connectivity index (χ4v) is 5.82. The highest BCUT2D eigenvalue weighted by atomic mass is 16.6. The molecule has 0 saturated heterocycles. The lowest BCUT2D eigenvalue weighted by molar-refractivity contribution is -0.144. The van der Waals surface area contributed by atoms with Crippen LogP contribution in [0.2, 0.25) is 0 Å². The summed E-state index contributed by atoms with van der Waals surface area (Å²) in [5.41, 5.74) is 0.0463. The third-order valence-corrected chi connectivity index (χ3v) is 8.46. The second kappa shape index (κ2) is 23.8. The molecule has 0 spiro atoms. The predicted octanol–water partition coefficient (Wildman–Crippen LogP) is 3.53. The SMILES string of the molecule is C=CCOC(=O)CNC(=O)C(O)C(CCC)NC(=O)C(CCCCNC(=O)OCc1ccccc1)NC(=O)C(NC(=O)OC(C)(C)C)C1CCCCC1. The fourth-order valence-electron chi connectivity index (χ4n) is 5.82. The maximum atomic E-state index is 13.9. The minimum Gasteiger partial charge on any atom is -0.460 e. The van der Waals surface area contributed by atoms with Crippen LogP contribution in [0.3, 0.4) is 0 Å². The Bertz CT molecular complexity index is 1330. The number of alkyl carbamates (subject to hydrolysis) is 2. The number of esters is 1. The first kappa shape index (κ1) is 44.5. The lowest BCUT2D eigenvalue weighted by atomic mass is 9.83. The molecule has 15 nitrogen and oxygen atoms in total. The van der Waals surface area contributed by atoms with Gasteiger partial charge in [-0.1, -0.05) is 75.6 Å². The standard InChI is InChI=1S/C38H59N5O10/c1-6-16-28(32(45)35(48)40-24-30(44)51-23-7-2)41-33(46)29(21-14-15-22-39-36(49)52-25-26-17-10-8-11-18-26)42-34(47)31(27-19-12-9-13-20-27)43-37(50)53-38(3,4)5/h7-8,10-11,17-18,27-29,31-32,45H,2,6,9,12-16,19-25H2,1,3-5H3,(H,39,49)(H,40,48)(H,41,46)(H,42,47)(H,43,50). The molecule has 1 fully saturated rings. The molecule has 0 aromatic heterocycles. The summed E-state index contributed by atoms with van der Waals surface area (Å²) < 4.78 is 15.5. The van der Waals surface area contributed by atoms with Crippen molar-refractivity contribution in [2.24, 2.45) is 5.92 Å². The first-order chi connectivity index (χ1) is 25.2. The molecule has 1 aliphatic carbocycles. The summed E-state index contributed by atoms with van der Waals surface area (Å²) in [4.78, 5) is 77.4. The zero-order valence-electron chi connectivity index (χ0n) is 31.6. The largest absolute Gasteiger partial charge is 0.460 e. The molecule has 2 rings (SSSR count). The van der Waals surface area contributed by atoms with Crippen molar-refractivity contribution in [2.75, 3.05) is 19.7 Å². The summed E-state index contributed by atoms with van der Waals surface area (Å²) in [6.07, 6.45) is 4.19. The molecule has 296 valence electrons. The maximum Gasteiger partial charge on any atom is 0.408 e. The van der Waals surface area contributed by atoms with E-state index < -0.39 is 72.3 Å². The molecule has 1 aromatic carbocycles. The number of carbonyl (C=O) groups is 6. The fraction of sp³-hybridized carbons (Fsp3) is 0.632. The minimum absolute atomic E-state index is 0.0395. The molecule has 0 heterocycles. The summed E-state index contributed by atoms with van der Waals surface area (Å²) in [6, 6.07) is 6.09. The van der Waals surface area contributed by atoms with Crippen molar-refractivity contribution in [3.8, 4) is 0 Å². The van der Waals surface area contributed by atoms with Gasteiger partial charge in [0.2, 0.25) is 11.8 Å². The number of amides is 5. The highest BCUT2D eigenvalue weighted by Crippen LogP contribution is 2.27. The zero-order chi connectivity index (χ0) is 39.2. The Kier molecular flexibility index (Phi) is 20.0. The molecule has 4 unspecified atom stereocenters. The van der Waals surface area contributed by atoms with Crippen LogP contribution in [0.5, 0.6) is 0 Å². The average Bonchev–Trinajstić information content (AvgIpc) is 3.13. The van der Waals surface area contributed by atoms with Crippen LogP contribution in [0.4, 0.5) is 9.59 Å². The Morgan fingerprint density at radius 1 is 0.868 bits per heavy atom. The maximum absolute atomic E-state index is 13.9. The van der Waals surface area contributed by atoms with E-state index in [-0.39, 0.29) is 38.5 Å². The van der Waals surface area contributed by atoms with Gasteiger partial charge in [-0.15, -0.1) is 0 Å². The summed E-state index contributed by atoms with van der Waals surface area (Å²) in [6.45, 7) is 10.2. The lowest BCUT2D eigenvalue weighted by Crippen LogP contribution is -2.59. The molecular formula is C38H59N5O10. The number of unbranched alkanes of at least 4 members (excludes halogenated alkanes) is 1. The number of rotatable bonds is 21. The normalized spacial score (nSPS) is 15.3. The van der Waals surface area contributed by atoms with Gasteiger partial charge in [0.1, 0.15) is 37.4 Å². The number of hydrogen-bond acceptors (Lipinski definition) is 10. The Morgan fingerprint density at radius 2 is 1.57 bits per heavy atom. The number of carbonyl (C=O) groups excluding carboxylic acids is 6. The Labute approximate surface area is 312 Å². The Balaban J connectivity index is 2.15. The van der Waals surface area contributed by atoms with Crippen molar-refractivity contribution >= 4 is 35.9 Å². The highest BCUT2D eigenvalue weighted by molar-refractivity contribution is 5.92. The number of ether oxygens (including phenoxy) is 3. The molecule has 1 aliphatic rings. The zero-order valence-corrected chi connectivity index (χ0v) is 31.6. The van der Waals surface area contributed by atoms with Gasteiger partial charge in [-0.25, -0.2) is 9.59 Å². The summed E-state index contributed by atoms with van der Waals surface area (Å²) in [7, 11) is 0. The monoisotopic (exact) mass is 745 g/mol. The van der Waals surface area contributed by atoms with E-state index in [2.05, 4.69) is 33.2 Å².